The predicted molar refractivity (Wildman–Crippen MR) is 107 cm³/mol. The zero-order valence-corrected chi connectivity index (χ0v) is 17.2. The van der Waals surface area contributed by atoms with Gasteiger partial charge in [-0.2, -0.15) is 0 Å². The van der Waals surface area contributed by atoms with Crippen molar-refractivity contribution in [2.45, 2.75) is 32.7 Å². The molecule has 0 bridgehead atoms. The van der Waals surface area contributed by atoms with E-state index in [0.29, 0.717) is 39.1 Å². The van der Waals surface area contributed by atoms with Crippen molar-refractivity contribution in [3.8, 4) is 0 Å². The Bertz CT molecular complexity index is 718. The van der Waals surface area contributed by atoms with Crippen LogP contribution in [0.2, 0.25) is 0 Å². The highest BCUT2D eigenvalue weighted by Crippen LogP contribution is 2.23. The van der Waals surface area contributed by atoms with Crippen LogP contribution < -0.4 is 10.6 Å². The smallest absolute Gasteiger partial charge is 0.254 e. The van der Waals surface area contributed by atoms with Crippen LogP contribution in [0.25, 0.3) is 0 Å². The molecule has 0 aromatic heterocycles. The van der Waals surface area contributed by atoms with Crippen molar-refractivity contribution in [3.05, 3.63) is 35.6 Å². The van der Waals surface area contributed by atoms with E-state index in [-0.39, 0.29) is 29.2 Å². The average molecular weight is 407 g/mol. The van der Waals surface area contributed by atoms with Crippen molar-refractivity contribution in [2.24, 2.45) is 11.8 Å². The number of methoxy groups -OCH3 is 1. The van der Waals surface area contributed by atoms with E-state index in [4.69, 9.17) is 4.74 Å². The molecular formula is C21H30FN3O4. The quantitative estimate of drug-likeness (QED) is 0.641. The molecule has 1 aromatic rings. The first kappa shape index (κ1) is 22.8. The lowest BCUT2D eigenvalue weighted by Crippen LogP contribution is -2.54. The van der Waals surface area contributed by atoms with E-state index in [0.717, 1.165) is 0 Å². The molecular weight excluding hydrogens is 377 g/mol. The van der Waals surface area contributed by atoms with Crippen LogP contribution in [0.1, 0.15) is 37.0 Å². The fourth-order valence-corrected chi connectivity index (χ4v) is 3.47. The lowest BCUT2D eigenvalue weighted by atomic mass is 9.88. The number of amides is 3. The molecule has 0 spiro atoms. The van der Waals surface area contributed by atoms with Crippen molar-refractivity contribution in [1.29, 1.82) is 0 Å². The number of nitrogens with zero attached hydrogens (tertiary/aromatic N) is 1. The summed E-state index contributed by atoms with van der Waals surface area (Å²) in [7, 11) is 1.53. The molecule has 8 heteroatoms. The summed E-state index contributed by atoms with van der Waals surface area (Å²) in [5.74, 6) is -1.75. The van der Waals surface area contributed by atoms with Gasteiger partial charge in [-0.1, -0.05) is 26.0 Å². The van der Waals surface area contributed by atoms with Crippen LogP contribution in [0.4, 0.5) is 4.39 Å². The second kappa shape index (κ2) is 10.9. The number of likely N-dealkylation sites (tertiary alicyclic amines) is 1. The number of piperidine rings is 1. The number of carbonyl (C=O) groups is 3. The third kappa shape index (κ3) is 6.25. The van der Waals surface area contributed by atoms with Gasteiger partial charge in [0.15, 0.2) is 0 Å². The first-order chi connectivity index (χ1) is 13.8. The number of halogens is 1. The van der Waals surface area contributed by atoms with Gasteiger partial charge < -0.3 is 20.3 Å². The molecule has 2 N–H and O–H groups in total. The first-order valence-electron chi connectivity index (χ1n) is 9.96. The molecule has 0 radical (unpaired) electrons. The molecule has 0 saturated carbocycles. The molecule has 1 aliphatic rings. The molecule has 1 saturated heterocycles. The van der Waals surface area contributed by atoms with Gasteiger partial charge in [-0.15, -0.1) is 0 Å². The number of benzene rings is 1. The highest BCUT2D eigenvalue weighted by Gasteiger charge is 2.34. The Hall–Kier alpha value is -2.48. The third-order valence-corrected chi connectivity index (χ3v) is 5.11. The van der Waals surface area contributed by atoms with Crippen molar-refractivity contribution in [3.63, 3.8) is 0 Å². The monoisotopic (exact) mass is 407 g/mol. The molecule has 2 rings (SSSR count). The summed E-state index contributed by atoms with van der Waals surface area (Å²) in [5.41, 5.74) is -0.102. The summed E-state index contributed by atoms with van der Waals surface area (Å²) < 4.78 is 18.9. The number of carbonyl (C=O) groups excluding carboxylic acids is 3. The number of rotatable bonds is 8. The summed E-state index contributed by atoms with van der Waals surface area (Å²) in [5, 5.41) is 5.45. The summed E-state index contributed by atoms with van der Waals surface area (Å²) in [6.45, 7) is 5.43. The van der Waals surface area contributed by atoms with Crippen LogP contribution in [-0.4, -0.2) is 62.0 Å². The van der Waals surface area contributed by atoms with E-state index in [9.17, 15) is 18.8 Å². The molecule has 1 aliphatic heterocycles. The van der Waals surface area contributed by atoms with Crippen LogP contribution in [-0.2, 0) is 14.3 Å². The van der Waals surface area contributed by atoms with Crippen molar-refractivity contribution in [1.82, 2.24) is 15.5 Å². The normalized spacial score (nSPS) is 15.8. The van der Waals surface area contributed by atoms with Gasteiger partial charge in [-0.25, -0.2) is 4.39 Å². The Morgan fingerprint density at radius 3 is 2.45 bits per heavy atom. The largest absolute Gasteiger partial charge is 0.383 e. The van der Waals surface area contributed by atoms with Crippen LogP contribution in [0.15, 0.2) is 24.3 Å². The summed E-state index contributed by atoms with van der Waals surface area (Å²) in [6.07, 6.45) is 1.16. The highest BCUT2D eigenvalue weighted by atomic mass is 19.1. The lowest BCUT2D eigenvalue weighted by molar-refractivity contribution is -0.136. The fraction of sp³-hybridized carbons (Fsp3) is 0.571. The molecule has 1 atom stereocenters. The van der Waals surface area contributed by atoms with Gasteiger partial charge in [0.2, 0.25) is 11.8 Å². The second-order valence-corrected chi connectivity index (χ2v) is 7.53. The summed E-state index contributed by atoms with van der Waals surface area (Å²) in [6, 6.07) is 4.85. The molecule has 1 heterocycles. The molecule has 1 fully saturated rings. The predicted octanol–water partition coefficient (Wildman–Crippen LogP) is 1.58. The molecule has 1 aromatic carbocycles. The van der Waals surface area contributed by atoms with Crippen molar-refractivity contribution in [2.75, 3.05) is 33.4 Å². The first-order valence-corrected chi connectivity index (χ1v) is 9.96. The van der Waals surface area contributed by atoms with Gasteiger partial charge in [0.05, 0.1) is 12.2 Å². The second-order valence-electron chi connectivity index (χ2n) is 7.53. The Morgan fingerprint density at radius 2 is 1.86 bits per heavy atom. The maximum atomic E-state index is 14.0. The number of hydrogen-bond acceptors (Lipinski definition) is 4. The van der Waals surface area contributed by atoms with E-state index in [1.807, 2.05) is 13.8 Å². The minimum atomic E-state index is -0.810. The maximum absolute atomic E-state index is 14.0. The molecule has 29 heavy (non-hydrogen) atoms. The van der Waals surface area contributed by atoms with Crippen molar-refractivity contribution >= 4 is 17.7 Å². The van der Waals surface area contributed by atoms with Gasteiger partial charge in [0.1, 0.15) is 11.9 Å². The van der Waals surface area contributed by atoms with E-state index < -0.39 is 17.8 Å². The minimum Gasteiger partial charge on any atom is -0.383 e. The van der Waals surface area contributed by atoms with Crippen LogP contribution in [0, 0.1) is 17.7 Å². The minimum absolute atomic E-state index is 0.0829. The van der Waals surface area contributed by atoms with E-state index in [2.05, 4.69) is 10.6 Å². The fourth-order valence-electron chi connectivity index (χ4n) is 3.47. The lowest BCUT2D eigenvalue weighted by Gasteiger charge is -2.36. The van der Waals surface area contributed by atoms with E-state index in [1.54, 1.807) is 11.0 Å². The molecule has 0 aliphatic carbocycles. The van der Waals surface area contributed by atoms with Crippen LogP contribution >= 0.6 is 0 Å². The molecule has 7 nitrogen and oxygen atoms in total. The van der Waals surface area contributed by atoms with Gasteiger partial charge in [-0.05, 0) is 30.9 Å². The van der Waals surface area contributed by atoms with E-state index in [1.165, 1.54) is 25.3 Å². The SMILES string of the molecule is COCCNC(=O)C(NC(=O)c1ccccc1F)C1CCN(C(=O)C(C)C)CC1. The number of nitrogens with one attached hydrogen (secondary N) is 2. The van der Waals surface area contributed by atoms with Gasteiger partial charge >= 0.3 is 0 Å². The molecule has 160 valence electrons. The topological polar surface area (TPSA) is 87.7 Å². The molecule has 3 amide bonds. The third-order valence-electron chi connectivity index (χ3n) is 5.11. The van der Waals surface area contributed by atoms with Crippen LogP contribution in [0.3, 0.4) is 0 Å². The van der Waals surface area contributed by atoms with Crippen molar-refractivity contribution < 1.29 is 23.5 Å². The zero-order chi connectivity index (χ0) is 21.4. The van der Waals surface area contributed by atoms with Gasteiger partial charge in [0.25, 0.3) is 5.91 Å². The summed E-state index contributed by atoms with van der Waals surface area (Å²) >= 11 is 0. The van der Waals surface area contributed by atoms with Gasteiger partial charge in [0, 0.05) is 32.7 Å². The maximum Gasteiger partial charge on any atom is 0.254 e. The average Bonchev–Trinajstić information content (AvgIpc) is 2.71. The Labute approximate surface area is 171 Å². The van der Waals surface area contributed by atoms with Crippen LogP contribution in [0.5, 0.6) is 0 Å². The number of hydrogen-bond donors (Lipinski definition) is 2. The molecule has 1 unspecified atom stereocenters. The standard InChI is InChI=1S/C21H30FN3O4/c1-14(2)21(28)25-11-8-15(9-12-25)18(20(27)23-10-13-29-3)24-19(26)16-6-4-5-7-17(16)22/h4-7,14-15,18H,8-13H2,1-3H3,(H,23,27)(H,24,26). The Balaban J connectivity index is 2.09. The van der Waals surface area contributed by atoms with E-state index >= 15 is 0 Å². The Kier molecular flexibility index (Phi) is 8.57. The number of ether oxygens (including phenoxy) is 1. The zero-order valence-electron chi connectivity index (χ0n) is 17.2. The highest BCUT2D eigenvalue weighted by molar-refractivity contribution is 5.97. The van der Waals surface area contributed by atoms with Gasteiger partial charge in [-0.3, -0.25) is 14.4 Å². The Morgan fingerprint density at radius 1 is 1.21 bits per heavy atom. The summed E-state index contributed by atoms with van der Waals surface area (Å²) in [4.78, 5) is 39.3.